The van der Waals surface area contributed by atoms with Gasteiger partial charge in [0, 0.05) is 31.1 Å². The Morgan fingerprint density at radius 1 is 1.30 bits per heavy atom. The largest absolute Gasteiger partial charge is 0.350 e. The molecule has 0 fully saturated rings. The van der Waals surface area contributed by atoms with Gasteiger partial charge in [-0.2, -0.15) is 0 Å². The Labute approximate surface area is 127 Å². The lowest BCUT2D eigenvalue weighted by molar-refractivity contribution is 0.265. The Kier molecular flexibility index (Phi) is 4.72. The first-order valence-electron chi connectivity index (χ1n) is 7.35. The number of nitrogens with zero attached hydrogens (tertiary/aromatic N) is 3. The van der Waals surface area contributed by atoms with E-state index in [1.807, 2.05) is 11.3 Å². The van der Waals surface area contributed by atoms with Gasteiger partial charge in [0.2, 0.25) is 0 Å². The van der Waals surface area contributed by atoms with Gasteiger partial charge in [0.25, 0.3) is 0 Å². The van der Waals surface area contributed by atoms with Gasteiger partial charge in [-0.15, -0.1) is 0 Å². The maximum absolute atomic E-state index is 4.91. The second-order valence-corrected chi connectivity index (χ2v) is 7.93. The van der Waals surface area contributed by atoms with Gasteiger partial charge >= 0.3 is 0 Å². The molecule has 0 spiro atoms. The fourth-order valence-electron chi connectivity index (χ4n) is 2.76. The first kappa shape index (κ1) is 15.7. The molecule has 1 aromatic rings. The molecule has 20 heavy (non-hydrogen) atoms. The number of rotatable bonds is 5. The van der Waals surface area contributed by atoms with Crippen molar-refractivity contribution in [3.8, 4) is 0 Å². The summed E-state index contributed by atoms with van der Waals surface area (Å²) in [5.74, 6) is 0. The van der Waals surface area contributed by atoms with Crippen molar-refractivity contribution in [1.82, 2.24) is 15.2 Å². The van der Waals surface area contributed by atoms with Gasteiger partial charge in [-0.3, -0.25) is 0 Å². The summed E-state index contributed by atoms with van der Waals surface area (Å²) in [6.45, 7) is 6.76. The van der Waals surface area contributed by atoms with E-state index in [1.54, 1.807) is 0 Å². The van der Waals surface area contributed by atoms with E-state index < -0.39 is 0 Å². The van der Waals surface area contributed by atoms with Crippen molar-refractivity contribution < 1.29 is 0 Å². The van der Waals surface area contributed by atoms with Crippen LogP contribution >= 0.6 is 11.3 Å². The summed E-state index contributed by atoms with van der Waals surface area (Å²) in [7, 11) is 8.43. The van der Waals surface area contributed by atoms with E-state index in [9.17, 15) is 0 Å². The first-order chi connectivity index (χ1) is 9.32. The molecule has 4 nitrogen and oxygen atoms in total. The summed E-state index contributed by atoms with van der Waals surface area (Å²) in [6, 6.07) is 0.460. The fourth-order valence-corrected chi connectivity index (χ4v) is 3.94. The third kappa shape index (κ3) is 3.51. The zero-order chi connectivity index (χ0) is 14.9. The average Bonchev–Trinajstić information content (AvgIpc) is 2.76. The minimum absolute atomic E-state index is 0.341. The zero-order valence-corrected chi connectivity index (χ0v) is 14.5. The van der Waals surface area contributed by atoms with Gasteiger partial charge in [-0.1, -0.05) is 25.2 Å². The summed E-state index contributed by atoms with van der Waals surface area (Å²) in [6.07, 6.45) is 2.29. The number of fused-ring (bicyclic) bond motifs is 1. The Morgan fingerprint density at radius 3 is 2.60 bits per heavy atom. The summed E-state index contributed by atoms with van der Waals surface area (Å²) in [5, 5.41) is 4.62. The number of aromatic nitrogens is 1. The highest BCUT2D eigenvalue weighted by atomic mass is 32.1. The molecule has 0 bridgehead atoms. The van der Waals surface area contributed by atoms with Crippen molar-refractivity contribution in [3.63, 3.8) is 0 Å². The molecule has 0 aromatic carbocycles. The number of anilines is 1. The van der Waals surface area contributed by atoms with Crippen LogP contribution in [0.3, 0.4) is 0 Å². The molecular weight excluding hydrogens is 268 g/mol. The molecule has 0 amide bonds. The molecule has 2 rings (SSSR count). The van der Waals surface area contributed by atoms with Crippen molar-refractivity contribution in [1.29, 1.82) is 0 Å². The third-order valence-electron chi connectivity index (χ3n) is 3.99. The number of nitrogens with one attached hydrogen (secondary N) is 1. The molecule has 1 N–H and O–H groups in total. The van der Waals surface area contributed by atoms with E-state index >= 15 is 0 Å². The Balaban J connectivity index is 2.17. The maximum atomic E-state index is 4.91. The molecule has 1 aliphatic rings. The van der Waals surface area contributed by atoms with Crippen LogP contribution in [0.1, 0.15) is 36.9 Å². The second kappa shape index (κ2) is 6.00. The van der Waals surface area contributed by atoms with Gasteiger partial charge in [0.1, 0.15) is 0 Å². The molecule has 0 radical (unpaired) electrons. The van der Waals surface area contributed by atoms with E-state index in [1.165, 1.54) is 17.0 Å². The van der Waals surface area contributed by atoms with Crippen molar-refractivity contribution in [3.05, 3.63) is 10.6 Å². The van der Waals surface area contributed by atoms with E-state index in [0.29, 0.717) is 11.5 Å². The molecule has 0 saturated heterocycles. The summed E-state index contributed by atoms with van der Waals surface area (Å²) in [4.78, 5) is 10.8. The van der Waals surface area contributed by atoms with E-state index in [0.717, 1.165) is 24.6 Å². The average molecular weight is 296 g/mol. The molecule has 114 valence electrons. The summed E-state index contributed by atoms with van der Waals surface area (Å²) in [5.41, 5.74) is 1.64. The highest BCUT2D eigenvalue weighted by molar-refractivity contribution is 7.15. The summed E-state index contributed by atoms with van der Waals surface area (Å²) >= 11 is 1.86. The van der Waals surface area contributed by atoms with Gasteiger partial charge in [0.05, 0.1) is 5.69 Å². The zero-order valence-electron chi connectivity index (χ0n) is 13.7. The molecule has 1 aliphatic carbocycles. The van der Waals surface area contributed by atoms with Crippen LogP contribution in [0, 0.1) is 5.41 Å². The molecule has 1 aromatic heterocycles. The fraction of sp³-hybridized carbons (Fsp3) is 0.800. The van der Waals surface area contributed by atoms with Crippen LogP contribution < -0.4 is 10.2 Å². The Bertz CT molecular complexity index is 453. The van der Waals surface area contributed by atoms with Gasteiger partial charge < -0.3 is 15.1 Å². The molecule has 5 heteroatoms. The lowest BCUT2D eigenvalue weighted by Crippen LogP contribution is -2.30. The molecule has 1 heterocycles. The molecule has 1 unspecified atom stereocenters. The standard InChI is InChI=1S/C15H28N4S/c1-15(2)9-11(16-3)13-12(10-15)17-14(20-13)19(6)8-7-18(4)5/h11,16H,7-10H2,1-6H3. The Hall–Kier alpha value is -0.650. The Morgan fingerprint density at radius 2 is 2.00 bits per heavy atom. The quantitative estimate of drug-likeness (QED) is 0.904. The third-order valence-corrected chi connectivity index (χ3v) is 5.32. The smallest absolute Gasteiger partial charge is 0.185 e. The monoisotopic (exact) mass is 296 g/mol. The van der Waals surface area contributed by atoms with Crippen molar-refractivity contribution in [2.24, 2.45) is 5.41 Å². The number of thiazole rings is 1. The van der Waals surface area contributed by atoms with Crippen LogP contribution in [0.15, 0.2) is 0 Å². The van der Waals surface area contributed by atoms with Crippen molar-refractivity contribution in [2.75, 3.05) is 46.2 Å². The summed E-state index contributed by atoms with van der Waals surface area (Å²) < 4.78 is 0. The van der Waals surface area contributed by atoms with Crippen LogP contribution in [0.25, 0.3) is 0 Å². The molecular formula is C15H28N4S. The van der Waals surface area contributed by atoms with E-state index in [2.05, 4.69) is 57.2 Å². The second-order valence-electron chi connectivity index (χ2n) is 6.92. The van der Waals surface area contributed by atoms with Gasteiger partial charge in [0.15, 0.2) is 5.13 Å². The number of hydrogen-bond donors (Lipinski definition) is 1. The lowest BCUT2D eigenvalue weighted by Gasteiger charge is -2.34. The van der Waals surface area contributed by atoms with Crippen molar-refractivity contribution in [2.45, 2.75) is 32.7 Å². The maximum Gasteiger partial charge on any atom is 0.185 e. The van der Waals surface area contributed by atoms with Crippen molar-refractivity contribution >= 4 is 16.5 Å². The van der Waals surface area contributed by atoms with Gasteiger partial charge in [-0.25, -0.2) is 4.98 Å². The highest BCUT2D eigenvalue weighted by Gasteiger charge is 2.34. The minimum Gasteiger partial charge on any atom is -0.350 e. The topological polar surface area (TPSA) is 31.4 Å². The van der Waals surface area contributed by atoms with Crippen LogP contribution in [-0.2, 0) is 6.42 Å². The van der Waals surface area contributed by atoms with Crippen LogP contribution in [0.4, 0.5) is 5.13 Å². The van der Waals surface area contributed by atoms with Crippen LogP contribution in [0.2, 0.25) is 0 Å². The van der Waals surface area contributed by atoms with E-state index in [-0.39, 0.29) is 0 Å². The van der Waals surface area contributed by atoms with Crippen LogP contribution in [-0.4, -0.2) is 51.2 Å². The lowest BCUT2D eigenvalue weighted by atomic mass is 9.76. The predicted octanol–water partition coefficient (Wildman–Crippen LogP) is 2.37. The predicted molar refractivity (Wildman–Crippen MR) is 87.8 cm³/mol. The number of hydrogen-bond acceptors (Lipinski definition) is 5. The first-order valence-corrected chi connectivity index (χ1v) is 8.17. The SMILES string of the molecule is CNC1CC(C)(C)Cc2nc(N(C)CCN(C)C)sc21. The number of likely N-dealkylation sites (N-methyl/N-ethyl adjacent to an activating group) is 2. The van der Waals surface area contributed by atoms with Gasteiger partial charge in [-0.05, 0) is 39.4 Å². The highest BCUT2D eigenvalue weighted by Crippen LogP contribution is 2.44. The molecule has 0 saturated carbocycles. The van der Waals surface area contributed by atoms with Crippen LogP contribution in [0.5, 0.6) is 0 Å². The van der Waals surface area contributed by atoms with E-state index in [4.69, 9.17) is 4.98 Å². The minimum atomic E-state index is 0.341. The molecule has 0 aliphatic heterocycles. The molecule has 1 atom stereocenters. The normalized spacial score (nSPS) is 21.1.